The molecule has 160 valence electrons. The molecule has 2 heterocycles. The molecule has 1 aliphatic heterocycles. The predicted octanol–water partition coefficient (Wildman–Crippen LogP) is 4.05. The molecule has 2 fully saturated rings. The highest BCUT2D eigenvalue weighted by molar-refractivity contribution is 5.33. The first-order chi connectivity index (χ1) is 13.6. The average molecular weight is 401 g/mol. The Labute approximate surface area is 176 Å². The van der Waals surface area contributed by atoms with Gasteiger partial charge in [0.15, 0.2) is 0 Å². The number of rotatable bonds is 6. The van der Waals surface area contributed by atoms with Crippen LogP contribution in [0.5, 0.6) is 5.88 Å². The minimum atomic E-state index is -0.0934. The van der Waals surface area contributed by atoms with Gasteiger partial charge >= 0.3 is 0 Å². The van der Waals surface area contributed by atoms with Gasteiger partial charge in [-0.15, -0.1) is 0 Å². The Kier molecular flexibility index (Phi) is 6.88. The van der Waals surface area contributed by atoms with Gasteiger partial charge in [0.05, 0.1) is 24.4 Å². The molecule has 0 radical (unpaired) electrons. The molecule has 1 saturated carbocycles. The third-order valence-corrected chi connectivity index (χ3v) is 5.21. The zero-order valence-corrected chi connectivity index (χ0v) is 18.8. The van der Waals surface area contributed by atoms with Crippen LogP contribution < -0.4 is 4.74 Å². The van der Waals surface area contributed by atoms with Gasteiger partial charge in [0.25, 0.3) is 0 Å². The standard InChI is InChI=1S/C24H36N2O3/c1-23(2,3)26-16-21(17-26)27-12-8-7-9-18-10-11-22(25-15-18)28-19-13-20(14-19)29-24(4,5)6/h10-11,15,19-21H,8,12-14,16-17H2,1-6H3. The molecule has 2 aliphatic rings. The molecular weight excluding hydrogens is 364 g/mol. The Hall–Kier alpha value is -1.61. The van der Waals surface area contributed by atoms with Gasteiger partial charge in [-0.3, -0.25) is 4.90 Å². The molecule has 5 heteroatoms. The van der Waals surface area contributed by atoms with Crippen LogP contribution in [-0.4, -0.2) is 59.0 Å². The summed E-state index contributed by atoms with van der Waals surface area (Å²) in [6, 6.07) is 3.86. The lowest BCUT2D eigenvalue weighted by molar-refractivity contribution is -0.127. The molecule has 5 nitrogen and oxygen atoms in total. The first-order valence-electron chi connectivity index (χ1n) is 10.7. The predicted molar refractivity (Wildman–Crippen MR) is 115 cm³/mol. The quantitative estimate of drug-likeness (QED) is 0.532. The van der Waals surface area contributed by atoms with Gasteiger partial charge in [-0.25, -0.2) is 4.98 Å². The fourth-order valence-electron chi connectivity index (χ4n) is 3.44. The molecule has 1 aliphatic carbocycles. The molecule has 1 aromatic heterocycles. The number of aromatic nitrogens is 1. The highest BCUT2D eigenvalue weighted by Crippen LogP contribution is 2.30. The lowest BCUT2D eigenvalue weighted by Crippen LogP contribution is -2.59. The summed E-state index contributed by atoms with van der Waals surface area (Å²) in [5, 5.41) is 0. The minimum absolute atomic E-state index is 0.0934. The molecular formula is C24H36N2O3. The monoisotopic (exact) mass is 400 g/mol. The van der Waals surface area contributed by atoms with Crippen molar-refractivity contribution < 1.29 is 14.2 Å². The number of nitrogens with zero attached hydrogens (tertiary/aromatic N) is 2. The van der Waals surface area contributed by atoms with Crippen LogP contribution >= 0.6 is 0 Å². The maximum atomic E-state index is 5.94. The number of hydrogen-bond acceptors (Lipinski definition) is 5. The normalized spacial score (nSPS) is 23.0. The van der Waals surface area contributed by atoms with Gasteiger partial charge < -0.3 is 14.2 Å². The van der Waals surface area contributed by atoms with E-state index in [0.717, 1.165) is 37.9 Å². The molecule has 0 spiro atoms. The first kappa shape index (κ1) is 22.1. The zero-order chi connectivity index (χ0) is 21.1. The Morgan fingerprint density at radius 3 is 2.34 bits per heavy atom. The Balaban J connectivity index is 1.31. The Morgan fingerprint density at radius 2 is 1.76 bits per heavy atom. The summed E-state index contributed by atoms with van der Waals surface area (Å²) in [7, 11) is 0. The number of likely N-dealkylation sites (tertiary alicyclic amines) is 1. The van der Waals surface area contributed by atoms with Gasteiger partial charge in [-0.05, 0) is 47.6 Å². The molecule has 0 atom stereocenters. The van der Waals surface area contributed by atoms with Crippen molar-refractivity contribution in [3.63, 3.8) is 0 Å². The SMILES string of the molecule is CC(C)(C)OC1CC(Oc2ccc(C#CCCOC3CN(C(C)(C)C)C3)cn2)C1. The van der Waals surface area contributed by atoms with Crippen molar-refractivity contribution in [2.45, 2.75) is 90.3 Å². The first-order valence-corrected chi connectivity index (χ1v) is 10.7. The van der Waals surface area contributed by atoms with Gasteiger partial charge in [-0.2, -0.15) is 0 Å². The lowest BCUT2D eigenvalue weighted by Gasteiger charge is -2.47. The topological polar surface area (TPSA) is 43.8 Å². The second-order valence-electron chi connectivity index (χ2n) is 10.1. The van der Waals surface area contributed by atoms with E-state index in [0.29, 0.717) is 24.7 Å². The highest BCUT2D eigenvalue weighted by Gasteiger charge is 2.35. The summed E-state index contributed by atoms with van der Waals surface area (Å²) in [6.07, 6.45) is 5.21. The maximum Gasteiger partial charge on any atom is 0.213 e. The second-order valence-corrected chi connectivity index (χ2v) is 10.1. The van der Waals surface area contributed by atoms with Gasteiger partial charge in [0, 0.05) is 55.7 Å². The van der Waals surface area contributed by atoms with Crippen LogP contribution in [-0.2, 0) is 9.47 Å². The van der Waals surface area contributed by atoms with E-state index in [1.165, 1.54) is 0 Å². The molecule has 3 rings (SSSR count). The fraction of sp³-hybridized carbons (Fsp3) is 0.708. The summed E-state index contributed by atoms with van der Waals surface area (Å²) in [5.41, 5.74) is 1.05. The van der Waals surface area contributed by atoms with Crippen LogP contribution in [0, 0.1) is 11.8 Å². The van der Waals surface area contributed by atoms with Crippen LogP contribution in [0.25, 0.3) is 0 Å². The van der Waals surface area contributed by atoms with Crippen molar-refractivity contribution in [3.8, 4) is 17.7 Å². The van der Waals surface area contributed by atoms with Crippen molar-refractivity contribution in [1.29, 1.82) is 0 Å². The average Bonchev–Trinajstić information content (AvgIpc) is 2.53. The zero-order valence-electron chi connectivity index (χ0n) is 18.8. The number of hydrogen-bond donors (Lipinski definition) is 0. The third kappa shape index (κ3) is 6.99. The van der Waals surface area contributed by atoms with Crippen LogP contribution in [0.3, 0.4) is 0 Å². The van der Waals surface area contributed by atoms with E-state index >= 15 is 0 Å². The van der Waals surface area contributed by atoms with Gasteiger partial charge in [-0.1, -0.05) is 11.8 Å². The fourth-order valence-corrected chi connectivity index (χ4v) is 3.44. The summed E-state index contributed by atoms with van der Waals surface area (Å²) in [5.74, 6) is 6.98. The van der Waals surface area contributed by atoms with Crippen LogP contribution in [0.1, 0.15) is 66.4 Å². The summed E-state index contributed by atoms with van der Waals surface area (Å²) >= 11 is 0. The van der Waals surface area contributed by atoms with E-state index in [1.807, 2.05) is 12.1 Å². The van der Waals surface area contributed by atoms with E-state index in [-0.39, 0.29) is 17.2 Å². The van der Waals surface area contributed by atoms with E-state index in [9.17, 15) is 0 Å². The number of ether oxygens (including phenoxy) is 3. The van der Waals surface area contributed by atoms with E-state index in [1.54, 1.807) is 6.20 Å². The van der Waals surface area contributed by atoms with Crippen LogP contribution in [0.4, 0.5) is 0 Å². The van der Waals surface area contributed by atoms with E-state index in [2.05, 4.69) is 63.3 Å². The Morgan fingerprint density at radius 1 is 1.03 bits per heavy atom. The van der Waals surface area contributed by atoms with Crippen LogP contribution in [0.15, 0.2) is 18.3 Å². The molecule has 0 amide bonds. The van der Waals surface area contributed by atoms with Crippen LogP contribution in [0.2, 0.25) is 0 Å². The van der Waals surface area contributed by atoms with E-state index < -0.39 is 0 Å². The lowest BCUT2D eigenvalue weighted by atomic mass is 9.91. The minimum Gasteiger partial charge on any atom is -0.474 e. The molecule has 1 saturated heterocycles. The molecule has 0 aromatic carbocycles. The van der Waals surface area contributed by atoms with Crippen molar-refractivity contribution in [1.82, 2.24) is 9.88 Å². The third-order valence-electron chi connectivity index (χ3n) is 5.21. The largest absolute Gasteiger partial charge is 0.474 e. The van der Waals surface area contributed by atoms with E-state index in [4.69, 9.17) is 14.2 Å². The maximum absolute atomic E-state index is 5.94. The molecule has 0 N–H and O–H groups in total. The second kappa shape index (κ2) is 9.04. The van der Waals surface area contributed by atoms with Crippen molar-refractivity contribution in [3.05, 3.63) is 23.9 Å². The molecule has 0 bridgehead atoms. The van der Waals surface area contributed by atoms with Gasteiger partial charge in [0.1, 0.15) is 6.10 Å². The molecule has 1 aromatic rings. The highest BCUT2D eigenvalue weighted by atomic mass is 16.5. The summed E-state index contributed by atoms with van der Waals surface area (Å²) in [6.45, 7) is 15.7. The van der Waals surface area contributed by atoms with Gasteiger partial charge in [0.2, 0.25) is 5.88 Å². The smallest absolute Gasteiger partial charge is 0.213 e. The molecule has 29 heavy (non-hydrogen) atoms. The number of pyridine rings is 1. The van der Waals surface area contributed by atoms with Crippen molar-refractivity contribution in [2.24, 2.45) is 0 Å². The van der Waals surface area contributed by atoms with Crippen molar-refractivity contribution >= 4 is 0 Å². The molecule has 0 unspecified atom stereocenters. The Bertz CT molecular complexity index is 710. The van der Waals surface area contributed by atoms with Crippen molar-refractivity contribution in [2.75, 3.05) is 19.7 Å². The summed E-state index contributed by atoms with van der Waals surface area (Å²) in [4.78, 5) is 6.81. The summed E-state index contributed by atoms with van der Waals surface area (Å²) < 4.78 is 17.7.